The summed E-state index contributed by atoms with van der Waals surface area (Å²) in [5.74, 6) is -5.49. The first-order valence-electron chi connectivity index (χ1n) is 15.0. The molecule has 5 aromatic rings. The molecule has 0 unspecified atom stereocenters. The molecule has 0 saturated heterocycles. The highest BCUT2D eigenvalue weighted by Crippen LogP contribution is 2.63. The van der Waals surface area contributed by atoms with Crippen molar-refractivity contribution in [3.05, 3.63) is 99.2 Å². The first-order valence-corrected chi connectivity index (χ1v) is 15.3. The number of amides is 1. The average Bonchev–Trinajstić information content (AvgIpc) is 3.61. The Morgan fingerprint density at radius 3 is 2.50 bits per heavy atom. The minimum absolute atomic E-state index is 0.140. The largest absolute Gasteiger partial charge is 0.346 e. The Morgan fingerprint density at radius 2 is 1.83 bits per heavy atom. The quantitative estimate of drug-likeness (QED) is 0.137. The molecule has 246 valence electrons. The van der Waals surface area contributed by atoms with Gasteiger partial charge < -0.3 is 5.32 Å². The van der Waals surface area contributed by atoms with Crippen LogP contribution in [-0.4, -0.2) is 30.5 Å². The van der Waals surface area contributed by atoms with Crippen molar-refractivity contribution in [3.63, 3.8) is 0 Å². The van der Waals surface area contributed by atoms with E-state index in [0.29, 0.717) is 44.2 Å². The summed E-state index contributed by atoms with van der Waals surface area (Å²) >= 11 is 6.43. The van der Waals surface area contributed by atoms with Gasteiger partial charge in [0.05, 0.1) is 28.5 Å². The SMILES string of the molecule is C#Cc1ccc(-c2ccc(Cl)c3cnn(C)c23)c([C@H](Cc2cc(F)cc(F)c2)NC(=O)Cn2nc(C(F)F)c3c2C(F)(F)[C@@H]2CC[C@H]32)n1. The van der Waals surface area contributed by atoms with E-state index in [4.69, 9.17) is 18.0 Å². The second kappa shape index (κ2) is 11.7. The van der Waals surface area contributed by atoms with Crippen molar-refractivity contribution in [1.29, 1.82) is 0 Å². The van der Waals surface area contributed by atoms with Gasteiger partial charge in [0.1, 0.15) is 35.3 Å². The summed E-state index contributed by atoms with van der Waals surface area (Å²) in [5.41, 5.74) is 0.537. The molecule has 0 bridgehead atoms. The van der Waals surface area contributed by atoms with Gasteiger partial charge in [-0.15, -0.1) is 6.42 Å². The van der Waals surface area contributed by atoms with Crippen LogP contribution in [0.1, 0.15) is 65.1 Å². The summed E-state index contributed by atoms with van der Waals surface area (Å²) < 4.78 is 89.7. The molecule has 3 atom stereocenters. The lowest BCUT2D eigenvalue weighted by Crippen LogP contribution is -2.36. The van der Waals surface area contributed by atoms with E-state index in [0.717, 1.165) is 12.1 Å². The van der Waals surface area contributed by atoms with Gasteiger partial charge in [0, 0.05) is 41.1 Å². The number of fused-ring (bicyclic) bond motifs is 4. The van der Waals surface area contributed by atoms with Crippen LogP contribution in [0, 0.1) is 29.9 Å². The highest BCUT2D eigenvalue weighted by atomic mass is 35.5. The third-order valence-corrected chi connectivity index (χ3v) is 9.51. The molecule has 2 aliphatic carbocycles. The first-order chi connectivity index (χ1) is 22.9. The van der Waals surface area contributed by atoms with Crippen molar-refractivity contribution in [2.45, 2.75) is 50.1 Å². The summed E-state index contributed by atoms with van der Waals surface area (Å²) in [6.07, 6.45) is 4.43. The highest BCUT2D eigenvalue weighted by Gasteiger charge is 2.62. The fourth-order valence-electron chi connectivity index (χ4n) is 7.02. The van der Waals surface area contributed by atoms with E-state index < -0.39 is 65.7 Å². The molecule has 1 saturated carbocycles. The highest BCUT2D eigenvalue weighted by molar-refractivity contribution is 6.35. The van der Waals surface area contributed by atoms with Crippen LogP contribution in [0.15, 0.2) is 48.7 Å². The van der Waals surface area contributed by atoms with Gasteiger partial charge in [-0.25, -0.2) is 22.5 Å². The number of aromatic nitrogens is 5. The van der Waals surface area contributed by atoms with Crippen LogP contribution in [0.2, 0.25) is 5.02 Å². The molecule has 0 radical (unpaired) electrons. The van der Waals surface area contributed by atoms with Crippen molar-refractivity contribution in [2.24, 2.45) is 13.0 Å². The monoisotopic (exact) mass is 682 g/mol. The van der Waals surface area contributed by atoms with E-state index in [-0.39, 0.29) is 35.4 Å². The molecule has 3 aromatic heterocycles. The topological polar surface area (TPSA) is 77.6 Å². The predicted molar refractivity (Wildman–Crippen MR) is 164 cm³/mol. The molecule has 0 spiro atoms. The minimum Gasteiger partial charge on any atom is -0.346 e. The number of alkyl halides is 4. The van der Waals surface area contributed by atoms with Crippen LogP contribution in [0.4, 0.5) is 26.3 Å². The fourth-order valence-corrected chi connectivity index (χ4v) is 7.22. The Labute approximate surface area is 274 Å². The van der Waals surface area contributed by atoms with E-state index in [2.05, 4.69) is 26.4 Å². The number of nitrogens with zero attached hydrogens (tertiary/aromatic N) is 5. The fraction of sp³-hybridized carbons (Fsp3) is 0.294. The second-order valence-electron chi connectivity index (χ2n) is 12.0. The molecule has 1 amide bonds. The van der Waals surface area contributed by atoms with Crippen LogP contribution in [0.25, 0.3) is 22.0 Å². The summed E-state index contributed by atoms with van der Waals surface area (Å²) in [6.45, 7) is -0.824. The third kappa shape index (κ3) is 5.19. The molecule has 1 fully saturated rings. The maximum absolute atomic E-state index is 15.4. The Morgan fingerprint density at radius 1 is 1.10 bits per heavy atom. The number of carbonyl (C=O) groups is 1. The zero-order chi connectivity index (χ0) is 34.1. The smallest absolute Gasteiger partial charge is 0.293 e. The molecule has 2 aromatic carbocycles. The van der Waals surface area contributed by atoms with Gasteiger partial charge in [-0.2, -0.15) is 19.0 Å². The number of hydrogen-bond acceptors (Lipinski definition) is 4. The lowest BCUT2D eigenvalue weighted by molar-refractivity contribution is -0.123. The van der Waals surface area contributed by atoms with Gasteiger partial charge in [-0.3, -0.25) is 14.2 Å². The average molecular weight is 683 g/mol. The van der Waals surface area contributed by atoms with Gasteiger partial charge in [0.25, 0.3) is 12.3 Å². The number of terminal acetylenes is 1. The van der Waals surface area contributed by atoms with Gasteiger partial charge in [0.2, 0.25) is 5.91 Å². The number of halogens is 7. The number of aryl methyl sites for hydroxylation is 1. The van der Waals surface area contributed by atoms with Gasteiger partial charge in [-0.1, -0.05) is 23.6 Å². The number of hydrogen-bond donors (Lipinski definition) is 1. The summed E-state index contributed by atoms with van der Waals surface area (Å²) in [7, 11) is 1.71. The molecule has 14 heteroatoms. The molecule has 7 nitrogen and oxygen atoms in total. The molecule has 1 N–H and O–H groups in total. The van der Waals surface area contributed by atoms with Crippen molar-refractivity contribution in [1.82, 2.24) is 29.9 Å². The van der Waals surface area contributed by atoms with Crippen LogP contribution in [-0.2, 0) is 30.7 Å². The first kappa shape index (κ1) is 31.8. The maximum Gasteiger partial charge on any atom is 0.293 e. The minimum atomic E-state index is -3.45. The third-order valence-electron chi connectivity index (χ3n) is 9.18. The van der Waals surface area contributed by atoms with E-state index in [1.54, 1.807) is 42.2 Å². The second-order valence-corrected chi connectivity index (χ2v) is 12.4. The van der Waals surface area contributed by atoms with Crippen molar-refractivity contribution >= 4 is 28.4 Å². The molecular weight excluding hydrogens is 658 g/mol. The normalized spacial score (nSPS) is 18.3. The van der Waals surface area contributed by atoms with Crippen molar-refractivity contribution in [3.8, 4) is 23.5 Å². The van der Waals surface area contributed by atoms with E-state index >= 15 is 8.78 Å². The van der Waals surface area contributed by atoms with Gasteiger partial charge in [-0.05, 0) is 61.1 Å². The Kier molecular flexibility index (Phi) is 7.74. The zero-order valence-electron chi connectivity index (χ0n) is 25.1. The van der Waals surface area contributed by atoms with Crippen LogP contribution >= 0.6 is 11.6 Å². The van der Waals surface area contributed by atoms with Gasteiger partial charge >= 0.3 is 0 Å². The molecule has 2 aliphatic rings. The molecule has 3 heterocycles. The Bertz CT molecular complexity index is 2130. The number of nitrogens with one attached hydrogen (secondary N) is 1. The number of benzene rings is 2. The predicted octanol–water partition coefficient (Wildman–Crippen LogP) is 7.38. The Balaban J connectivity index is 1.32. The molecule has 48 heavy (non-hydrogen) atoms. The molecule has 0 aliphatic heterocycles. The lowest BCUT2D eigenvalue weighted by Gasteiger charge is -2.34. The zero-order valence-corrected chi connectivity index (χ0v) is 25.9. The van der Waals surface area contributed by atoms with E-state index in [1.807, 2.05) is 0 Å². The van der Waals surface area contributed by atoms with Crippen molar-refractivity contribution in [2.75, 3.05) is 0 Å². The number of carbonyl (C=O) groups excluding carboxylic acids is 1. The lowest BCUT2D eigenvalue weighted by atomic mass is 9.73. The summed E-state index contributed by atoms with van der Waals surface area (Å²) in [6, 6.07) is 8.34. The van der Waals surface area contributed by atoms with Crippen LogP contribution in [0.3, 0.4) is 0 Å². The number of rotatable bonds is 8. The van der Waals surface area contributed by atoms with Crippen molar-refractivity contribution < 1.29 is 31.1 Å². The van der Waals surface area contributed by atoms with E-state index in [1.165, 1.54) is 0 Å². The standard InChI is InChI=1S/C34H25ClF6N6O/c1-3-19-4-5-20(21-7-9-25(35)23-14-42-46(2)31(21)23)29(43-19)26(12-16-10-17(36)13-18(37)11-16)44-27(48)15-47-32-28(30(45-47)33(38)39)22-6-8-24(22)34(32,40)41/h1,4-5,7,9-11,13-14,22,24,26,33H,6,8,12,15H2,2H3,(H,44,48)/t22-,24+,26-/m0/s1. The maximum atomic E-state index is 15.4. The Hall–Kier alpha value is -4.83. The molecule has 7 rings (SSSR count). The van der Waals surface area contributed by atoms with Gasteiger partial charge in [0.15, 0.2) is 0 Å². The number of pyridine rings is 1. The molecular formula is C34H25ClF6N6O. The van der Waals surface area contributed by atoms with Crippen LogP contribution in [0.5, 0.6) is 0 Å². The van der Waals surface area contributed by atoms with Crippen LogP contribution < -0.4 is 5.32 Å². The summed E-state index contributed by atoms with van der Waals surface area (Å²) in [4.78, 5) is 18.3. The van der Waals surface area contributed by atoms with E-state index in [9.17, 15) is 22.4 Å². The summed E-state index contributed by atoms with van der Waals surface area (Å²) in [5, 5.41) is 11.9.